The normalized spacial score (nSPS) is 10.4. The molecule has 0 unspecified atom stereocenters. The van der Waals surface area contributed by atoms with Crippen LogP contribution in [0.1, 0.15) is 11.1 Å². The monoisotopic (exact) mass is 273 g/mol. The molecule has 2 N–H and O–H groups in total. The van der Waals surface area contributed by atoms with Crippen molar-refractivity contribution in [2.75, 3.05) is 18.1 Å². The van der Waals surface area contributed by atoms with Crippen LogP contribution in [0.25, 0.3) is 0 Å². The number of thioether (sulfide) groups is 1. The minimum atomic E-state index is 0.697. The van der Waals surface area contributed by atoms with Crippen molar-refractivity contribution in [1.82, 2.24) is 0 Å². The predicted octanol–water partition coefficient (Wildman–Crippen LogP) is 4.06. The Morgan fingerprint density at radius 1 is 1.11 bits per heavy atom. The van der Waals surface area contributed by atoms with E-state index in [4.69, 9.17) is 10.5 Å². The quantitative estimate of drug-likeness (QED) is 0.507. The number of anilines is 1. The zero-order valence-corrected chi connectivity index (χ0v) is 12.2. The number of hydrogen-bond acceptors (Lipinski definition) is 3. The van der Waals surface area contributed by atoms with E-state index in [0.29, 0.717) is 6.61 Å². The lowest BCUT2D eigenvalue weighted by molar-refractivity contribution is 0.343. The van der Waals surface area contributed by atoms with E-state index >= 15 is 0 Å². The average Bonchev–Trinajstić information content (AvgIpc) is 2.39. The minimum absolute atomic E-state index is 0.697. The van der Waals surface area contributed by atoms with Gasteiger partial charge in [0.15, 0.2) is 0 Å². The molecule has 0 aromatic heterocycles. The third kappa shape index (κ3) is 4.21. The van der Waals surface area contributed by atoms with E-state index in [1.54, 1.807) is 11.8 Å². The zero-order valence-electron chi connectivity index (χ0n) is 11.3. The highest BCUT2D eigenvalue weighted by Gasteiger charge is 2.00. The maximum atomic E-state index is 5.79. The maximum Gasteiger partial charge on any atom is 0.119 e. The van der Waals surface area contributed by atoms with Gasteiger partial charge in [-0.2, -0.15) is 0 Å². The van der Waals surface area contributed by atoms with Crippen LogP contribution in [0.5, 0.6) is 5.75 Å². The number of nitrogen functional groups attached to an aromatic ring is 1. The van der Waals surface area contributed by atoms with E-state index in [9.17, 15) is 0 Å². The van der Waals surface area contributed by atoms with Crippen molar-refractivity contribution in [2.24, 2.45) is 0 Å². The average molecular weight is 273 g/mol. The molecule has 0 aliphatic heterocycles. The van der Waals surface area contributed by atoms with Gasteiger partial charge in [-0.05, 0) is 49.2 Å². The number of ether oxygens (including phenoxy) is 1. The Labute approximate surface area is 119 Å². The summed E-state index contributed by atoms with van der Waals surface area (Å²) in [5, 5.41) is 0. The molecule has 100 valence electrons. The Morgan fingerprint density at radius 3 is 2.74 bits per heavy atom. The fourth-order valence-corrected chi connectivity index (χ4v) is 2.69. The third-order valence-electron chi connectivity index (χ3n) is 2.81. The van der Waals surface area contributed by atoms with Gasteiger partial charge >= 0.3 is 0 Å². The summed E-state index contributed by atoms with van der Waals surface area (Å²) in [5.74, 6) is 1.85. The molecule has 0 spiro atoms. The van der Waals surface area contributed by atoms with Crippen molar-refractivity contribution < 1.29 is 4.74 Å². The van der Waals surface area contributed by atoms with Crippen LogP contribution in [-0.4, -0.2) is 12.4 Å². The first-order valence-electron chi connectivity index (χ1n) is 6.33. The molecule has 0 aliphatic carbocycles. The van der Waals surface area contributed by atoms with Gasteiger partial charge in [0.25, 0.3) is 0 Å². The van der Waals surface area contributed by atoms with Crippen molar-refractivity contribution in [3.8, 4) is 5.75 Å². The lowest BCUT2D eigenvalue weighted by Gasteiger charge is -2.08. The zero-order chi connectivity index (χ0) is 13.7. The topological polar surface area (TPSA) is 35.2 Å². The van der Waals surface area contributed by atoms with Crippen LogP contribution in [0, 0.1) is 13.8 Å². The Kier molecular flexibility index (Phi) is 4.74. The van der Waals surface area contributed by atoms with Crippen LogP contribution in [0.15, 0.2) is 47.4 Å². The first-order valence-corrected chi connectivity index (χ1v) is 7.32. The number of hydrogen-bond donors (Lipinski definition) is 1. The maximum absolute atomic E-state index is 5.79. The molecule has 0 atom stereocenters. The predicted molar refractivity (Wildman–Crippen MR) is 83.0 cm³/mol. The molecule has 0 amide bonds. The Hall–Kier alpha value is -1.61. The summed E-state index contributed by atoms with van der Waals surface area (Å²) >= 11 is 1.78. The van der Waals surface area contributed by atoms with Gasteiger partial charge in [0.05, 0.1) is 6.61 Å². The fourth-order valence-electron chi connectivity index (χ4n) is 1.79. The van der Waals surface area contributed by atoms with E-state index in [0.717, 1.165) is 17.2 Å². The SMILES string of the molecule is Cc1cccc(OCCSc2cc(N)ccc2C)c1. The van der Waals surface area contributed by atoms with E-state index in [-0.39, 0.29) is 0 Å². The van der Waals surface area contributed by atoms with Gasteiger partial charge in [-0.25, -0.2) is 0 Å². The van der Waals surface area contributed by atoms with Crippen molar-refractivity contribution >= 4 is 17.4 Å². The van der Waals surface area contributed by atoms with Gasteiger partial charge < -0.3 is 10.5 Å². The smallest absolute Gasteiger partial charge is 0.119 e. The number of aryl methyl sites for hydroxylation is 2. The Morgan fingerprint density at radius 2 is 1.95 bits per heavy atom. The molecule has 0 fully saturated rings. The van der Waals surface area contributed by atoms with E-state index in [1.807, 2.05) is 24.3 Å². The van der Waals surface area contributed by atoms with Crippen molar-refractivity contribution in [2.45, 2.75) is 18.7 Å². The Bertz CT molecular complexity index is 554. The van der Waals surface area contributed by atoms with E-state index in [1.165, 1.54) is 16.0 Å². The van der Waals surface area contributed by atoms with Crippen LogP contribution in [0.3, 0.4) is 0 Å². The number of nitrogens with two attached hydrogens (primary N) is 1. The van der Waals surface area contributed by atoms with E-state index in [2.05, 4.69) is 32.0 Å². The molecule has 0 radical (unpaired) electrons. The largest absolute Gasteiger partial charge is 0.493 e. The molecule has 2 rings (SSSR count). The van der Waals surface area contributed by atoms with Crippen LogP contribution in [-0.2, 0) is 0 Å². The standard InChI is InChI=1S/C16H19NOS/c1-12-4-3-5-15(10-12)18-8-9-19-16-11-14(17)7-6-13(16)2/h3-7,10-11H,8-9,17H2,1-2H3. The first kappa shape index (κ1) is 13.8. The second kappa shape index (κ2) is 6.53. The van der Waals surface area contributed by atoms with Gasteiger partial charge in [-0.1, -0.05) is 18.2 Å². The third-order valence-corrected chi connectivity index (χ3v) is 3.93. The molecule has 19 heavy (non-hydrogen) atoms. The summed E-state index contributed by atoms with van der Waals surface area (Å²) in [6, 6.07) is 14.1. The molecule has 0 heterocycles. The number of rotatable bonds is 5. The van der Waals surface area contributed by atoms with Gasteiger partial charge in [0, 0.05) is 16.3 Å². The number of benzene rings is 2. The summed E-state index contributed by atoms with van der Waals surface area (Å²) in [4.78, 5) is 1.23. The molecule has 0 aliphatic rings. The summed E-state index contributed by atoms with van der Waals surface area (Å²) in [7, 11) is 0. The molecular formula is C16H19NOS. The summed E-state index contributed by atoms with van der Waals surface area (Å²) in [5.41, 5.74) is 9.09. The molecular weight excluding hydrogens is 254 g/mol. The lowest BCUT2D eigenvalue weighted by Crippen LogP contribution is -2.00. The molecule has 0 saturated heterocycles. The molecule has 3 heteroatoms. The van der Waals surface area contributed by atoms with Gasteiger partial charge in [0.1, 0.15) is 5.75 Å². The molecule has 2 aromatic rings. The van der Waals surface area contributed by atoms with E-state index < -0.39 is 0 Å². The van der Waals surface area contributed by atoms with Crippen LogP contribution in [0.4, 0.5) is 5.69 Å². The second-order valence-electron chi connectivity index (χ2n) is 4.54. The second-order valence-corrected chi connectivity index (χ2v) is 5.68. The summed E-state index contributed by atoms with van der Waals surface area (Å²) < 4.78 is 5.73. The van der Waals surface area contributed by atoms with Gasteiger partial charge in [-0.3, -0.25) is 0 Å². The highest BCUT2D eigenvalue weighted by atomic mass is 32.2. The van der Waals surface area contributed by atoms with Crippen LogP contribution >= 0.6 is 11.8 Å². The first-order chi connectivity index (χ1) is 9.15. The van der Waals surface area contributed by atoms with Crippen LogP contribution < -0.4 is 10.5 Å². The summed E-state index contributed by atoms with van der Waals surface area (Å²) in [6.45, 7) is 4.86. The lowest BCUT2D eigenvalue weighted by atomic mass is 10.2. The van der Waals surface area contributed by atoms with Gasteiger partial charge in [-0.15, -0.1) is 11.8 Å². The molecule has 2 nitrogen and oxygen atoms in total. The minimum Gasteiger partial charge on any atom is -0.493 e. The highest BCUT2D eigenvalue weighted by molar-refractivity contribution is 7.99. The van der Waals surface area contributed by atoms with Crippen LogP contribution in [0.2, 0.25) is 0 Å². The van der Waals surface area contributed by atoms with Crippen molar-refractivity contribution in [1.29, 1.82) is 0 Å². The molecule has 2 aromatic carbocycles. The van der Waals surface area contributed by atoms with Crippen molar-refractivity contribution in [3.05, 3.63) is 53.6 Å². The van der Waals surface area contributed by atoms with Crippen molar-refractivity contribution in [3.63, 3.8) is 0 Å². The molecule has 0 bridgehead atoms. The summed E-state index contributed by atoms with van der Waals surface area (Å²) in [6.07, 6.45) is 0. The van der Waals surface area contributed by atoms with Gasteiger partial charge in [0.2, 0.25) is 0 Å². The Balaban J connectivity index is 1.82. The highest BCUT2D eigenvalue weighted by Crippen LogP contribution is 2.24. The fraction of sp³-hybridized carbons (Fsp3) is 0.250. The molecule has 0 saturated carbocycles.